The Morgan fingerprint density at radius 3 is 2.46 bits per heavy atom. The van der Waals surface area contributed by atoms with E-state index in [2.05, 4.69) is 22.4 Å². The minimum absolute atomic E-state index is 0.0778. The van der Waals surface area contributed by atoms with E-state index in [4.69, 9.17) is 4.98 Å². The minimum Gasteiger partial charge on any atom is -0.348 e. The summed E-state index contributed by atoms with van der Waals surface area (Å²) >= 11 is 1.70. The lowest BCUT2D eigenvalue weighted by atomic mass is 10.0. The normalized spacial score (nSPS) is 15.4. The summed E-state index contributed by atoms with van der Waals surface area (Å²) in [5.74, 6) is 0. The van der Waals surface area contributed by atoms with Gasteiger partial charge >= 0.3 is 6.03 Å². The van der Waals surface area contributed by atoms with Crippen LogP contribution in [0.4, 0.5) is 9.93 Å². The molecule has 1 fully saturated rings. The van der Waals surface area contributed by atoms with Crippen LogP contribution >= 0.6 is 11.3 Å². The summed E-state index contributed by atoms with van der Waals surface area (Å²) in [6, 6.07) is 10.7. The molecular formula is C18H24N4OS. The van der Waals surface area contributed by atoms with Crippen LogP contribution in [0.5, 0.6) is 0 Å². The third kappa shape index (κ3) is 3.53. The summed E-state index contributed by atoms with van der Waals surface area (Å²) in [7, 11) is 5.50. The van der Waals surface area contributed by atoms with E-state index < -0.39 is 0 Å². The van der Waals surface area contributed by atoms with Crippen molar-refractivity contribution in [3.63, 3.8) is 0 Å². The average molecular weight is 344 g/mol. The molecule has 5 nitrogen and oxygen atoms in total. The smallest absolute Gasteiger partial charge is 0.319 e. The highest BCUT2D eigenvalue weighted by molar-refractivity contribution is 7.14. The molecule has 0 aliphatic carbocycles. The second-order valence-electron chi connectivity index (χ2n) is 6.39. The van der Waals surface area contributed by atoms with Gasteiger partial charge in [0.05, 0.1) is 5.69 Å². The number of thiazole rings is 1. The van der Waals surface area contributed by atoms with Gasteiger partial charge in [0.1, 0.15) is 0 Å². The Hall–Kier alpha value is -2.08. The molecule has 0 saturated carbocycles. The van der Waals surface area contributed by atoms with Crippen molar-refractivity contribution in [3.05, 3.63) is 35.7 Å². The molecule has 1 aliphatic heterocycles. The Bertz CT molecular complexity index is 677. The minimum atomic E-state index is 0.0778. The summed E-state index contributed by atoms with van der Waals surface area (Å²) in [5.41, 5.74) is 2.20. The molecule has 128 valence electrons. The zero-order chi connectivity index (χ0) is 17.1. The van der Waals surface area contributed by atoms with E-state index in [0.717, 1.165) is 42.3 Å². The lowest BCUT2D eigenvalue weighted by Crippen LogP contribution is -2.48. The maximum atomic E-state index is 12.1. The molecular weight excluding hydrogens is 320 g/mol. The van der Waals surface area contributed by atoms with Gasteiger partial charge in [0, 0.05) is 51.2 Å². The van der Waals surface area contributed by atoms with Crippen LogP contribution in [-0.2, 0) is 0 Å². The van der Waals surface area contributed by atoms with E-state index in [0.29, 0.717) is 6.04 Å². The van der Waals surface area contributed by atoms with Gasteiger partial charge in [-0.25, -0.2) is 9.78 Å². The van der Waals surface area contributed by atoms with Crippen LogP contribution in [0.1, 0.15) is 12.8 Å². The summed E-state index contributed by atoms with van der Waals surface area (Å²) in [6.45, 7) is 1.88. The lowest BCUT2D eigenvalue weighted by molar-refractivity contribution is 0.155. The molecule has 0 unspecified atom stereocenters. The molecule has 6 heteroatoms. The van der Waals surface area contributed by atoms with E-state index >= 15 is 0 Å². The number of nitrogens with zero attached hydrogens (tertiary/aromatic N) is 4. The zero-order valence-electron chi connectivity index (χ0n) is 14.5. The number of urea groups is 1. The topological polar surface area (TPSA) is 39.7 Å². The second-order valence-corrected chi connectivity index (χ2v) is 7.22. The first kappa shape index (κ1) is 16.8. The molecule has 2 amide bonds. The maximum absolute atomic E-state index is 12.1. The Balaban J connectivity index is 1.61. The first-order chi connectivity index (χ1) is 11.6. The Labute approximate surface area is 147 Å². The molecule has 0 N–H and O–H groups in total. The van der Waals surface area contributed by atoms with Gasteiger partial charge in [-0.05, 0) is 12.8 Å². The number of benzene rings is 1. The molecule has 0 spiro atoms. The monoisotopic (exact) mass is 344 g/mol. The van der Waals surface area contributed by atoms with Crippen LogP contribution in [0, 0.1) is 0 Å². The van der Waals surface area contributed by atoms with Crippen LogP contribution in [0.3, 0.4) is 0 Å². The Morgan fingerprint density at radius 2 is 1.83 bits per heavy atom. The summed E-state index contributed by atoms with van der Waals surface area (Å²) < 4.78 is 0. The van der Waals surface area contributed by atoms with Crippen LogP contribution in [0.15, 0.2) is 35.7 Å². The second kappa shape index (κ2) is 7.21. The van der Waals surface area contributed by atoms with Crippen molar-refractivity contribution in [2.45, 2.75) is 18.9 Å². The number of carbonyl (C=O) groups excluding carboxylic acids is 1. The lowest BCUT2D eigenvalue weighted by Gasteiger charge is -2.37. The van der Waals surface area contributed by atoms with Crippen molar-refractivity contribution in [3.8, 4) is 11.3 Å². The van der Waals surface area contributed by atoms with Gasteiger partial charge in [-0.3, -0.25) is 0 Å². The van der Waals surface area contributed by atoms with Crippen LogP contribution < -0.4 is 4.90 Å². The van der Waals surface area contributed by atoms with E-state index in [1.165, 1.54) is 0 Å². The molecule has 0 atom stereocenters. The van der Waals surface area contributed by atoms with Crippen LogP contribution in [0.25, 0.3) is 11.3 Å². The van der Waals surface area contributed by atoms with E-state index in [1.54, 1.807) is 30.3 Å². The zero-order valence-corrected chi connectivity index (χ0v) is 15.3. The molecule has 2 heterocycles. The Morgan fingerprint density at radius 1 is 1.17 bits per heavy atom. The molecule has 0 radical (unpaired) electrons. The van der Waals surface area contributed by atoms with Crippen molar-refractivity contribution in [2.24, 2.45) is 0 Å². The highest BCUT2D eigenvalue weighted by Gasteiger charge is 2.27. The first-order valence-corrected chi connectivity index (χ1v) is 9.14. The van der Waals surface area contributed by atoms with Crippen molar-refractivity contribution in [1.29, 1.82) is 0 Å². The van der Waals surface area contributed by atoms with Gasteiger partial charge in [-0.15, -0.1) is 11.3 Å². The number of piperidine rings is 1. The van der Waals surface area contributed by atoms with Gasteiger partial charge < -0.3 is 14.7 Å². The molecule has 2 aromatic rings. The third-order valence-electron chi connectivity index (χ3n) is 4.53. The fourth-order valence-electron chi connectivity index (χ4n) is 3.07. The summed E-state index contributed by atoms with van der Waals surface area (Å²) in [4.78, 5) is 22.7. The van der Waals surface area contributed by atoms with Gasteiger partial charge in [0.2, 0.25) is 0 Å². The number of aromatic nitrogens is 1. The number of rotatable bonds is 3. The standard InChI is InChI=1S/C18H24N4OS/c1-20(2)18(23)21(3)15-9-11-22(12-10-15)17-19-16(13-24-17)14-7-5-4-6-8-14/h4-8,13,15H,9-12H2,1-3H3. The SMILES string of the molecule is CN(C)C(=O)N(C)C1CCN(c2nc(-c3ccccc3)cs2)CC1. The molecule has 1 aromatic heterocycles. The molecule has 0 bridgehead atoms. The third-order valence-corrected chi connectivity index (χ3v) is 5.43. The average Bonchev–Trinajstić information content (AvgIpc) is 3.11. The quantitative estimate of drug-likeness (QED) is 0.857. The maximum Gasteiger partial charge on any atom is 0.319 e. The van der Waals surface area contributed by atoms with Crippen molar-refractivity contribution in [1.82, 2.24) is 14.8 Å². The number of hydrogen-bond donors (Lipinski definition) is 0. The van der Waals surface area contributed by atoms with Gasteiger partial charge in [-0.2, -0.15) is 0 Å². The highest BCUT2D eigenvalue weighted by Crippen LogP contribution is 2.29. The predicted octanol–water partition coefficient (Wildman–Crippen LogP) is 3.39. The van der Waals surface area contributed by atoms with E-state index in [1.807, 2.05) is 30.1 Å². The molecule has 1 aromatic carbocycles. The number of amides is 2. The Kier molecular flexibility index (Phi) is 5.04. The van der Waals surface area contributed by atoms with Crippen molar-refractivity contribution >= 4 is 22.5 Å². The molecule has 3 rings (SSSR count). The number of carbonyl (C=O) groups is 1. The highest BCUT2D eigenvalue weighted by atomic mass is 32.1. The molecule has 24 heavy (non-hydrogen) atoms. The van der Waals surface area contributed by atoms with Crippen molar-refractivity contribution < 1.29 is 4.79 Å². The van der Waals surface area contributed by atoms with Crippen molar-refractivity contribution in [2.75, 3.05) is 39.1 Å². The first-order valence-electron chi connectivity index (χ1n) is 8.26. The van der Waals surface area contributed by atoms with Gasteiger partial charge in [0.25, 0.3) is 0 Å². The number of anilines is 1. The largest absolute Gasteiger partial charge is 0.348 e. The fourth-order valence-corrected chi connectivity index (χ4v) is 3.96. The summed E-state index contributed by atoms with van der Waals surface area (Å²) in [6.07, 6.45) is 1.96. The van der Waals surface area contributed by atoms with Crippen LogP contribution in [0.2, 0.25) is 0 Å². The van der Waals surface area contributed by atoms with E-state index in [-0.39, 0.29) is 6.03 Å². The number of hydrogen-bond acceptors (Lipinski definition) is 4. The summed E-state index contributed by atoms with van der Waals surface area (Å²) in [5, 5.41) is 3.20. The molecule has 1 saturated heterocycles. The van der Waals surface area contributed by atoms with Gasteiger partial charge in [-0.1, -0.05) is 30.3 Å². The molecule has 1 aliphatic rings. The van der Waals surface area contributed by atoms with Crippen LogP contribution in [-0.4, -0.2) is 61.1 Å². The van der Waals surface area contributed by atoms with E-state index in [9.17, 15) is 4.79 Å². The fraction of sp³-hybridized carbons (Fsp3) is 0.444. The van der Waals surface area contributed by atoms with Gasteiger partial charge in [0.15, 0.2) is 5.13 Å². The predicted molar refractivity (Wildman–Crippen MR) is 99.6 cm³/mol.